The molecular formula is C108H64S3. The Hall–Kier alpha value is -13.0. The molecule has 22 aromatic rings. The molecule has 0 nitrogen and oxygen atoms in total. The molecule has 1 aliphatic carbocycles. The lowest BCUT2D eigenvalue weighted by atomic mass is 9.82. The monoisotopic (exact) mass is 1460 g/mol. The molecule has 2 aromatic heterocycles. The minimum Gasteiger partial charge on any atom is -0.135 e. The predicted molar refractivity (Wildman–Crippen MR) is 484 cm³/mol. The number of thiophene rings is 2. The average molecular weight is 1460 g/mol. The van der Waals surface area contributed by atoms with E-state index in [1.807, 2.05) is 34.4 Å². The molecule has 0 bridgehead atoms. The van der Waals surface area contributed by atoms with Crippen LogP contribution in [0.5, 0.6) is 0 Å². The Bertz CT molecular complexity index is 7770. The third-order valence-electron chi connectivity index (χ3n) is 24.4. The van der Waals surface area contributed by atoms with Gasteiger partial charge in [-0.25, -0.2) is 0 Å². The van der Waals surface area contributed by atoms with E-state index in [2.05, 4.69) is 376 Å². The Kier molecular flexibility index (Phi) is 14.1. The summed E-state index contributed by atoms with van der Waals surface area (Å²) in [6.07, 6.45) is 7.19. The number of benzene rings is 20. The summed E-state index contributed by atoms with van der Waals surface area (Å²) in [5.41, 5.74) is 21.0. The number of thioether (sulfide) groups is 1. The van der Waals surface area contributed by atoms with Gasteiger partial charge in [-0.05, 0) is 258 Å². The van der Waals surface area contributed by atoms with E-state index in [1.165, 1.54) is 237 Å². The van der Waals surface area contributed by atoms with Gasteiger partial charge in [0.25, 0.3) is 0 Å². The molecule has 111 heavy (non-hydrogen) atoms. The molecule has 0 N–H and O–H groups in total. The molecule has 0 spiro atoms. The minimum absolute atomic E-state index is 0.176. The van der Waals surface area contributed by atoms with Gasteiger partial charge < -0.3 is 0 Å². The van der Waals surface area contributed by atoms with Crippen molar-refractivity contribution < 1.29 is 0 Å². The summed E-state index contributed by atoms with van der Waals surface area (Å²) >= 11 is 5.88. The van der Waals surface area contributed by atoms with Gasteiger partial charge in [0.1, 0.15) is 0 Å². The Labute approximate surface area is 653 Å². The van der Waals surface area contributed by atoms with Crippen LogP contribution in [0.15, 0.2) is 381 Å². The fraction of sp³-hybridized carbons (Fsp3) is 0.0185. The number of hydrogen-bond acceptors (Lipinski definition) is 3. The molecule has 20 aromatic carbocycles. The molecule has 0 fully saturated rings. The van der Waals surface area contributed by atoms with E-state index < -0.39 is 0 Å². The van der Waals surface area contributed by atoms with Crippen LogP contribution in [0.4, 0.5) is 0 Å². The van der Waals surface area contributed by atoms with Crippen LogP contribution < -0.4 is 0 Å². The highest BCUT2D eigenvalue weighted by atomic mass is 32.2. The van der Waals surface area contributed by atoms with Crippen molar-refractivity contribution in [2.24, 2.45) is 0 Å². The van der Waals surface area contributed by atoms with Gasteiger partial charge >= 0.3 is 0 Å². The van der Waals surface area contributed by atoms with Crippen molar-refractivity contribution >= 4 is 177 Å². The molecule has 0 saturated heterocycles. The van der Waals surface area contributed by atoms with E-state index >= 15 is 0 Å². The average Bonchev–Trinajstić information content (AvgIpc) is 1.73. The van der Waals surface area contributed by atoms with Crippen molar-refractivity contribution in [3.8, 4) is 77.9 Å². The van der Waals surface area contributed by atoms with E-state index in [-0.39, 0.29) is 11.2 Å². The van der Waals surface area contributed by atoms with Gasteiger partial charge in [0, 0.05) is 56.4 Å². The number of hydrogen-bond donors (Lipinski definition) is 0. The van der Waals surface area contributed by atoms with Gasteiger partial charge in [-0.15, -0.1) is 34.4 Å². The summed E-state index contributed by atoms with van der Waals surface area (Å²) in [6, 6.07) is 136. The van der Waals surface area contributed by atoms with Gasteiger partial charge in [-0.1, -0.05) is 309 Å². The second kappa shape index (κ2) is 24.8. The van der Waals surface area contributed by atoms with Crippen LogP contribution in [0.25, 0.3) is 221 Å². The number of allylic oxidation sites excluding steroid dienone is 3. The van der Waals surface area contributed by atoms with Gasteiger partial charge in [0.2, 0.25) is 0 Å². The molecule has 2 aliphatic rings. The van der Waals surface area contributed by atoms with Crippen LogP contribution >= 0.6 is 34.4 Å². The second-order valence-corrected chi connectivity index (χ2v) is 33.5. The van der Waals surface area contributed by atoms with Crippen LogP contribution in [0.1, 0.15) is 17.0 Å². The van der Waals surface area contributed by atoms with E-state index in [1.54, 1.807) is 0 Å². The first-order valence-corrected chi connectivity index (χ1v) is 41.0. The number of rotatable bonds is 8. The van der Waals surface area contributed by atoms with Crippen LogP contribution in [0, 0.1) is 0 Å². The standard InChI is InChI=1S/C108H64S3/c1-2-21-63(22-3-1)75-36-18-40-96-97-41-20-38-77(107(97)111-106(75)96)73-56-69(65-44-48-92-86-30-8-5-24-80(86)83-27-11-14-33-89(83)100(92)60-65)54-71(58-73)70-53-68(64-43-47-91-85-29-7-4-23-79(85)82-26-10-13-32-88(82)99(91)59-64)55-72(57-70)76-37-19-39-95-94-50-46-67(62-103(94)110-105(76)95)74-51-52-78(108-104(74)98-35-16-17-42-102(98)109-108)66-45-49-93-87-31-9-6-25-81(87)84-28-12-15-34-90(84)101(93)61-66/h1-62,97,107H. The molecule has 0 saturated carbocycles. The zero-order valence-corrected chi connectivity index (χ0v) is 62.6. The first kappa shape index (κ1) is 63.0. The summed E-state index contributed by atoms with van der Waals surface area (Å²) in [4.78, 5) is 1.38. The smallest absolute Gasteiger partial charge is 0.0454 e. The van der Waals surface area contributed by atoms with E-state index in [0.29, 0.717) is 0 Å². The lowest BCUT2D eigenvalue weighted by Gasteiger charge is -2.24. The summed E-state index contributed by atoms with van der Waals surface area (Å²) in [5.74, 6) is 0.219. The van der Waals surface area contributed by atoms with Gasteiger partial charge in [-0.2, -0.15) is 0 Å². The molecular weight excluding hydrogens is 1390 g/mol. The van der Waals surface area contributed by atoms with Gasteiger partial charge in [0.15, 0.2) is 0 Å². The maximum Gasteiger partial charge on any atom is 0.0454 e. The van der Waals surface area contributed by atoms with Crippen molar-refractivity contribution in [3.05, 3.63) is 387 Å². The zero-order chi connectivity index (χ0) is 72.5. The molecule has 3 heteroatoms. The largest absolute Gasteiger partial charge is 0.135 e. The fourth-order valence-electron chi connectivity index (χ4n) is 19.2. The summed E-state index contributed by atoms with van der Waals surface area (Å²) in [6.45, 7) is 0. The molecule has 2 atom stereocenters. The Morgan fingerprint density at radius 3 is 1.14 bits per heavy atom. The highest BCUT2D eigenvalue weighted by Gasteiger charge is 2.38. The first-order valence-electron chi connectivity index (χ1n) is 38.5. The maximum atomic E-state index is 2.52. The van der Waals surface area contributed by atoms with Gasteiger partial charge in [-0.3, -0.25) is 0 Å². The lowest BCUT2D eigenvalue weighted by Crippen LogP contribution is -2.13. The second-order valence-electron chi connectivity index (χ2n) is 30.3. The predicted octanol–water partition coefficient (Wildman–Crippen LogP) is 31.7. The van der Waals surface area contributed by atoms with Crippen molar-refractivity contribution in [3.63, 3.8) is 0 Å². The highest BCUT2D eigenvalue weighted by Crippen LogP contribution is 2.57. The summed E-state index contributed by atoms with van der Waals surface area (Å²) < 4.78 is 5.17. The first-order chi connectivity index (χ1) is 55.0. The van der Waals surface area contributed by atoms with Crippen molar-refractivity contribution in [1.29, 1.82) is 0 Å². The highest BCUT2D eigenvalue weighted by molar-refractivity contribution is 8.01. The third kappa shape index (κ3) is 9.79. The van der Waals surface area contributed by atoms with E-state index in [9.17, 15) is 0 Å². The Morgan fingerprint density at radius 2 is 0.595 bits per heavy atom. The zero-order valence-electron chi connectivity index (χ0n) is 60.2. The molecule has 2 unspecified atom stereocenters. The SMILES string of the molecule is C1=CC2c3cccc(-c4ccccc4)c3SC2C(c2cc(-c3cc(-c4ccc5c6ccccc6c6ccccc6c5c4)cc(-c4cccc5c4sc4cc(-c6ccc(-c7ccc8c9ccccc9c9ccccc9c8c7)c7sc8ccccc8c67)ccc45)c3)cc(-c3ccc4c5ccccc5c5ccccc5c4c3)c2)=C1. The Balaban J connectivity index is 0.699. The van der Waals surface area contributed by atoms with Crippen LogP contribution in [-0.2, 0) is 0 Å². The van der Waals surface area contributed by atoms with Crippen molar-refractivity contribution in [2.75, 3.05) is 0 Å². The fourth-order valence-corrected chi connectivity index (χ4v) is 23.4. The quantitative estimate of drug-likeness (QED) is 0.137. The van der Waals surface area contributed by atoms with Crippen LogP contribution in [0.3, 0.4) is 0 Å². The molecule has 3 heterocycles. The third-order valence-corrected chi connectivity index (χ3v) is 28.2. The summed E-state index contributed by atoms with van der Waals surface area (Å²) in [5, 5.41) is 28.3. The topological polar surface area (TPSA) is 0 Å². The van der Waals surface area contributed by atoms with Gasteiger partial charge in [0.05, 0.1) is 0 Å². The lowest BCUT2D eigenvalue weighted by molar-refractivity contribution is 0.894. The normalized spacial score (nSPS) is 14.3. The molecule has 0 amide bonds. The molecule has 514 valence electrons. The molecule has 1 aliphatic heterocycles. The Morgan fingerprint density at radius 1 is 0.207 bits per heavy atom. The van der Waals surface area contributed by atoms with Crippen molar-refractivity contribution in [1.82, 2.24) is 0 Å². The van der Waals surface area contributed by atoms with Crippen LogP contribution in [0.2, 0.25) is 0 Å². The molecule has 24 rings (SSSR count). The van der Waals surface area contributed by atoms with E-state index in [4.69, 9.17) is 0 Å². The van der Waals surface area contributed by atoms with Crippen LogP contribution in [-0.4, -0.2) is 5.25 Å². The van der Waals surface area contributed by atoms with E-state index in [0.717, 1.165) is 0 Å². The number of fused-ring (bicyclic) bond motifs is 27. The van der Waals surface area contributed by atoms with Crippen molar-refractivity contribution in [2.45, 2.75) is 16.1 Å². The minimum atomic E-state index is 0.176. The maximum absolute atomic E-state index is 2.52. The summed E-state index contributed by atoms with van der Waals surface area (Å²) in [7, 11) is 0. The molecule has 0 radical (unpaired) electrons.